The van der Waals surface area contributed by atoms with Crippen molar-refractivity contribution < 1.29 is 39.8 Å². The Bertz CT molecular complexity index is 1780. The normalized spacial score (nSPS) is 19.8. The lowest BCUT2D eigenvalue weighted by atomic mass is 9.58. The predicted octanol–water partition coefficient (Wildman–Crippen LogP) is 6.00. The Balaban J connectivity index is 1.50. The quantitative estimate of drug-likeness (QED) is 0.0475. The standard InChI is InChI=1S/C41H53N3O8/c1-25(2)6-5-19-52-37-22-27(20-35(49)40(37)50)10-13-34(48)39(33(47)12-9-26-8-11-32(46)36(21-26)51-3)41(28-15-18-44-38(42)23-28)16-14-31(45)30(41)24-29-7-4-17-43-29/h4,7-8,11,15,17-18,20-23,25,30-31,33,39,43,45-47,49-50H,5-6,9-10,12-14,16,19,24H2,1-3H3,(H2,42,44). The third-order valence-corrected chi connectivity index (χ3v) is 10.6. The minimum absolute atomic E-state index is 0.00515. The van der Waals surface area contributed by atoms with Crippen LogP contribution in [-0.4, -0.2) is 67.2 Å². The van der Waals surface area contributed by atoms with Crippen LogP contribution in [0.3, 0.4) is 0 Å². The fourth-order valence-corrected chi connectivity index (χ4v) is 8.03. The number of hydrogen-bond donors (Lipinski definition) is 7. The summed E-state index contributed by atoms with van der Waals surface area (Å²) >= 11 is 0. The first-order chi connectivity index (χ1) is 24.9. The fraction of sp³-hybridized carbons (Fsp3) is 0.463. The van der Waals surface area contributed by atoms with Gasteiger partial charge in [-0.05, 0) is 123 Å². The lowest BCUT2D eigenvalue weighted by Gasteiger charge is -2.45. The van der Waals surface area contributed by atoms with Crippen molar-refractivity contribution in [2.75, 3.05) is 19.5 Å². The molecule has 2 aromatic heterocycles. The molecule has 11 heteroatoms. The Morgan fingerprint density at radius 1 is 1.02 bits per heavy atom. The maximum absolute atomic E-state index is 14.8. The molecule has 2 heterocycles. The van der Waals surface area contributed by atoms with E-state index < -0.39 is 29.5 Å². The van der Waals surface area contributed by atoms with Crippen molar-refractivity contribution in [2.24, 2.45) is 17.8 Å². The third-order valence-electron chi connectivity index (χ3n) is 10.6. The maximum atomic E-state index is 14.8. The second-order valence-corrected chi connectivity index (χ2v) is 14.5. The number of carbonyl (C=O) groups is 1. The number of anilines is 1. The number of phenolic OH excluding ortho intramolecular Hbond substituents is 3. The van der Waals surface area contributed by atoms with Crippen LogP contribution in [0.2, 0.25) is 0 Å². The number of ketones is 1. The number of benzene rings is 2. The van der Waals surface area contributed by atoms with Gasteiger partial charge in [-0.2, -0.15) is 0 Å². The van der Waals surface area contributed by atoms with E-state index in [-0.39, 0.29) is 53.9 Å². The summed E-state index contributed by atoms with van der Waals surface area (Å²) in [4.78, 5) is 22.3. The highest BCUT2D eigenvalue weighted by molar-refractivity contribution is 5.84. The smallest absolute Gasteiger partial charge is 0.200 e. The summed E-state index contributed by atoms with van der Waals surface area (Å²) in [7, 11) is 1.47. The summed E-state index contributed by atoms with van der Waals surface area (Å²) in [5.74, 6) is -1.04. The van der Waals surface area contributed by atoms with Crippen LogP contribution in [0.5, 0.6) is 28.7 Å². The minimum Gasteiger partial charge on any atom is -0.504 e. The summed E-state index contributed by atoms with van der Waals surface area (Å²) in [6, 6.07) is 15.5. The molecule has 1 fully saturated rings. The van der Waals surface area contributed by atoms with Gasteiger partial charge in [-0.1, -0.05) is 19.9 Å². The van der Waals surface area contributed by atoms with Gasteiger partial charge >= 0.3 is 0 Å². The third kappa shape index (κ3) is 8.82. The largest absolute Gasteiger partial charge is 0.504 e. The number of aromatic hydroxyl groups is 3. The number of nitrogen functional groups attached to an aromatic ring is 1. The van der Waals surface area contributed by atoms with Crippen molar-refractivity contribution in [1.29, 1.82) is 0 Å². The summed E-state index contributed by atoms with van der Waals surface area (Å²) in [6.45, 7) is 4.62. The average molecular weight is 716 g/mol. The van der Waals surface area contributed by atoms with Crippen molar-refractivity contribution >= 4 is 11.6 Å². The summed E-state index contributed by atoms with van der Waals surface area (Å²) in [5, 5.41) is 55.1. The van der Waals surface area contributed by atoms with Gasteiger partial charge in [-0.15, -0.1) is 0 Å². The SMILES string of the molecule is COc1cc(CCC(O)C(C(=O)CCc2cc(O)c(O)c(OCCCC(C)C)c2)C2(c3ccnc(N)c3)CCC(O)C2Cc2ccc[nH]2)ccc1O. The highest BCUT2D eigenvalue weighted by Gasteiger charge is 2.57. The number of aryl methyl sites for hydroxylation is 2. The van der Waals surface area contributed by atoms with Crippen molar-refractivity contribution in [1.82, 2.24) is 9.97 Å². The molecule has 5 unspecified atom stereocenters. The van der Waals surface area contributed by atoms with E-state index in [0.29, 0.717) is 49.5 Å². The molecule has 0 bridgehead atoms. The number of pyridine rings is 1. The number of hydrogen-bond acceptors (Lipinski definition) is 10. The number of nitrogens with zero attached hydrogens (tertiary/aromatic N) is 1. The number of carbonyl (C=O) groups excluding carboxylic acids is 1. The molecule has 0 aliphatic heterocycles. The molecule has 52 heavy (non-hydrogen) atoms. The van der Waals surface area contributed by atoms with Gasteiger partial charge in [-0.3, -0.25) is 4.79 Å². The lowest BCUT2D eigenvalue weighted by Crippen LogP contribution is -2.51. The predicted molar refractivity (Wildman–Crippen MR) is 199 cm³/mol. The first-order valence-electron chi connectivity index (χ1n) is 18.2. The molecule has 8 N–H and O–H groups in total. The van der Waals surface area contributed by atoms with Gasteiger partial charge in [0.15, 0.2) is 23.0 Å². The Kier molecular flexibility index (Phi) is 12.7. The maximum Gasteiger partial charge on any atom is 0.200 e. The number of nitrogens with one attached hydrogen (secondary N) is 1. The number of aliphatic hydroxyl groups excluding tert-OH is 2. The van der Waals surface area contributed by atoms with Gasteiger partial charge in [0.25, 0.3) is 0 Å². The molecule has 0 amide bonds. The molecule has 5 atom stereocenters. The molecule has 2 aromatic carbocycles. The number of Topliss-reactive ketones (excluding diaryl/α,β-unsaturated/α-hetero) is 1. The first kappa shape index (κ1) is 38.5. The second-order valence-electron chi connectivity index (χ2n) is 14.5. The zero-order valence-corrected chi connectivity index (χ0v) is 30.3. The number of aliphatic hydroxyl groups is 2. The molecular weight excluding hydrogens is 662 g/mol. The highest BCUT2D eigenvalue weighted by Crippen LogP contribution is 2.54. The Morgan fingerprint density at radius 2 is 1.81 bits per heavy atom. The van der Waals surface area contributed by atoms with Crippen LogP contribution >= 0.6 is 0 Å². The first-order valence-corrected chi connectivity index (χ1v) is 18.2. The van der Waals surface area contributed by atoms with Gasteiger partial charge in [0.05, 0.1) is 31.8 Å². The molecule has 280 valence electrons. The van der Waals surface area contributed by atoms with Crippen LogP contribution in [-0.2, 0) is 29.5 Å². The van der Waals surface area contributed by atoms with Crippen molar-refractivity contribution in [3.63, 3.8) is 0 Å². The van der Waals surface area contributed by atoms with E-state index >= 15 is 0 Å². The molecule has 1 saturated carbocycles. The molecule has 11 nitrogen and oxygen atoms in total. The van der Waals surface area contributed by atoms with Gasteiger partial charge < -0.3 is 45.7 Å². The minimum atomic E-state index is -1.13. The van der Waals surface area contributed by atoms with Crippen LogP contribution in [0, 0.1) is 17.8 Å². The Hall–Kier alpha value is -4.74. The molecule has 0 spiro atoms. The van der Waals surface area contributed by atoms with E-state index in [9.17, 15) is 30.3 Å². The van der Waals surface area contributed by atoms with Gasteiger partial charge in [-0.25, -0.2) is 4.98 Å². The lowest BCUT2D eigenvalue weighted by molar-refractivity contribution is -0.132. The average Bonchev–Trinajstić information content (AvgIpc) is 3.75. The summed E-state index contributed by atoms with van der Waals surface area (Å²) in [6.07, 6.45) is 5.39. The molecule has 1 aliphatic carbocycles. The molecular formula is C41H53N3O8. The van der Waals surface area contributed by atoms with Crippen LogP contribution in [0.4, 0.5) is 5.82 Å². The molecule has 5 rings (SSSR count). The second kappa shape index (κ2) is 17.2. The zero-order valence-electron chi connectivity index (χ0n) is 30.3. The number of aromatic amines is 1. The van der Waals surface area contributed by atoms with Crippen molar-refractivity contribution in [3.05, 3.63) is 89.4 Å². The van der Waals surface area contributed by atoms with Crippen LogP contribution < -0.4 is 15.2 Å². The van der Waals surface area contributed by atoms with Crippen LogP contribution in [0.15, 0.2) is 67.0 Å². The molecule has 4 aromatic rings. The Morgan fingerprint density at radius 3 is 2.52 bits per heavy atom. The van der Waals surface area contributed by atoms with E-state index in [4.69, 9.17) is 15.2 Å². The van der Waals surface area contributed by atoms with Gasteiger partial charge in [0.1, 0.15) is 11.6 Å². The number of rotatable bonds is 18. The topological polar surface area (TPSA) is 191 Å². The number of ether oxygens (including phenoxy) is 2. The molecule has 0 saturated heterocycles. The van der Waals surface area contributed by atoms with Gasteiger partial charge in [0.2, 0.25) is 5.75 Å². The monoisotopic (exact) mass is 715 g/mol. The number of H-pyrrole nitrogens is 1. The number of nitrogens with two attached hydrogens (primary N) is 1. The number of methoxy groups -OCH3 is 1. The highest BCUT2D eigenvalue weighted by atomic mass is 16.5. The van der Waals surface area contributed by atoms with E-state index in [1.54, 1.807) is 36.5 Å². The van der Waals surface area contributed by atoms with E-state index in [1.165, 1.54) is 13.2 Å². The Labute approximate surface area is 305 Å². The summed E-state index contributed by atoms with van der Waals surface area (Å²) < 4.78 is 11.1. The summed E-state index contributed by atoms with van der Waals surface area (Å²) in [5.41, 5.74) is 8.29. The molecule has 0 radical (unpaired) electrons. The van der Waals surface area contributed by atoms with E-state index in [1.807, 2.05) is 24.4 Å². The van der Waals surface area contributed by atoms with E-state index in [2.05, 4.69) is 23.8 Å². The molecule has 1 aliphatic rings. The fourth-order valence-electron chi connectivity index (χ4n) is 8.03. The number of phenols is 3. The zero-order chi connectivity index (χ0) is 37.4. The van der Waals surface area contributed by atoms with Crippen LogP contribution in [0.1, 0.15) is 74.8 Å². The van der Waals surface area contributed by atoms with Crippen molar-refractivity contribution in [2.45, 2.75) is 89.3 Å². The van der Waals surface area contributed by atoms with Crippen LogP contribution in [0.25, 0.3) is 0 Å². The van der Waals surface area contributed by atoms with E-state index in [0.717, 1.165) is 29.7 Å². The number of aromatic nitrogens is 2. The van der Waals surface area contributed by atoms with Crippen molar-refractivity contribution in [3.8, 4) is 28.7 Å². The van der Waals surface area contributed by atoms with Gasteiger partial charge in [0, 0.05) is 35.8 Å².